The fraction of sp³-hybridized carbons (Fsp3) is 0.296. The molecule has 3 aromatic rings. The predicted octanol–water partition coefficient (Wildman–Crippen LogP) is 6.05. The lowest BCUT2D eigenvalue weighted by atomic mass is 10.0. The Morgan fingerprint density at radius 1 is 0.906 bits per heavy atom. The number of carbonyl (C=O) groups excluding carboxylic acids is 2. The van der Waals surface area contributed by atoms with Crippen LogP contribution in [0.15, 0.2) is 66.9 Å². The average molecular weight is 432 g/mol. The molecule has 0 saturated heterocycles. The summed E-state index contributed by atoms with van der Waals surface area (Å²) in [4.78, 5) is 29.1. The van der Waals surface area contributed by atoms with Gasteiger partial charge in [0.05, 0.1) is 12.2 Å². The van der Waals surface area contributed by atoms with Gasteiger partial charge in [0.1, 0.15) is 5.75 Å². The standard InChI is InChI=1S/C27H29NO4/c1-4-19(2)6-5-17-31-25-16-13-23(18-28-25)27(30)32-24-14-11-22(12-15-24)26(29)21-9-7-20(3)8-10-21/h7-16,18-19H,4-6,17H2,1-3H3. The van der Waals surface area contributed by atoms with Crippen molar-refractivity contribution < 1.29 is 19.1 Å². The van der Waals surface area contributed by atoms with Gasteiger partial charge in [-0.1, -0.05) is 50.1 Å². The maximum Gasteiger partial charge on any atom is 0.345 e. The smallest absolute Gasteiger partial charge is 0.345 e. The van der Waals surface area contributed by atoms with Gasteiger partial charge in [0.2, 0.25) is 5.88 Å². The van der Waals surface area contributed by atoms with Crippen LogP contribution in [-0.4, -0.2) is 23.3 Å². The lowest BCUT2D eigenvalue weighted by Crippen LogP contribution is -2.09. The molecule has 166 valence electrons. The third kappa shape index (κ3) is 6.51. The van der Waals surface area contributed by atoms with E-state index in [-0.39, 0.29) is 5.78 Å². The minimum atomic E-state index is -0.515. The van der Waals surface area contributed by atoms with E-state index in [0.29, 0.717) is 40.8 Å². The first-order chi connectivity index (χ1) is 15.5. The number of hydrogen-bond donors (Lipinski definition) is 0. The average Bonchev–Trinajstić information content (AvgIpc) is 2.82. The number of aromatic nitrogens is 1. The zero-order chi connectivity index (χ0) is 22.9. The summed E-state index contributed by atoms with van der Waals surface area (Å²) in [5.74, 6) is 0.953. The number of esters is 1. The number of ether oxygens (including phenoxy) is 2. The van der Waals surface area contributed by atoms with Crippen LogP contribution in [0.5, 0.6) is 11.6 Å². The molecule has 1 heterocycles. The normalized spacial score (nSPS) is 11.6. The molecule has 1 aromatic heterocycles. The molecule has 0 fully saturated rings. The van der Waals surface area contributed by atoms with Crippen molar-refractivity contribution in [2.24, 2.45) is 5.92 Å². The number of aryl methyl sites for hydroxylation is 1. The molecule has 5 nitrogen and oxygen atoms in total. The molecule has 0 aliphatic heterocycles. The second-order valence-electron chi connectivity index (χ2n) is 8.00. The van der Waals surface area contributed by atoms with Crippen LogP contribution >= 0.6 is 0 Å². The summed E-state index contributed by atoms with van der Waals surface area (Å²) in [5, 5.41) is 0. The molecular formula is C27H29NO4. The van der Waals surface area contributed by atoms with Crippen molar-refractivity contribution in [1.29, 1.82) is 0 Å². The van der Waals surface area contributed by atoms with E-state index in [0.717, 1.165) is 18.4 Å². The Labute approximate surface area is 189 Å². The van der Waals surface area contributed by atoms with Gasteiger partial charge in [0.25, 0.3) is 0 Å². The van der Waals surface area contributed by atoms with Crippen LogP contribution in [0.3, 0.4) is 0 Å². The van der Waals surface area contributed by atoms with Gasteiger partial charge in [-0.25, -0.2) is 9.78 Å². The quantitative estimate of drug-likeness (QED) is 0.169. The minimum Gasteiger partial charge on any atom is -0.478 e. The van der Waals surface area contributed by atoms with E-state index >= 15 is 0 Å². The fourth-order valence-electron chi connectivity index (χ4n) is 3.11. The highest BCUT2D eigenvalue weighted by Crippen LogP contribution is 2.18. The lowest BCUT2D eigenvalue weighted by Gasteiger charge is -2.09. The number of rotatable bonds is 10. The maximum absolute atomic E-state index is 12.6. The summed E-state index contributed by atoms with van der Waals surface area (Å²) in [5.41, 5.74) is 2.58. The van der Waals surface area contributed by atoms with Crippen LogP contribution < -0.4 is 9.47 Å². The lowest BCUT2D eigenvalue weighted by molar-refractivity contribution is 0.0734. The van der Waals surface area contributed by atoms with Crippen molar-refractivity contribution in [2.45, 2.75) is 40.0 Å². The van der Waals surface area contributed by atoms with Crippen LogP contribution in [0.4, 0.5) is 0 Å². The number of carbonyl (C=O) groups is 2. The molecule has 0 amide bonds. The van der Waals surface area contributed by atoms with Gasteiger partial charge in [-0.2, -0.15) is 0 Å². The monoisotopic (exact) mass is 431 g/mol. The van der Waals surface area contributed by atoms with Crippen LogP contribution in [0.2, 0.25) is 0 Å². The number of nitrogens with zero attached hydrogens (tertiary/aromatic N) is 1. The van der Waals surface area contributed by atoms with Gasteiger partial charge in [-0.15, -0.1) is 0 Å². The van der Waals surface area contributed by atoms with Gasteiger partial charge < -0.3 is 9.47 Å². The molecule has 3 rings (SSSR count). The van der Waals surface area contributed by atoms with Crippen molar-refractivity contribution in [3.05, 3.63) is 89.1 Å². The molecular weight excluding hydrogens is 402 g/mol. The highest BCUT2D eigenvalue weighted by molar-refractivity contribution is 6.09. The first-order valence-electron chi connectivity index (χ1n) is 11.0. The summed E-state index contributed by atoms with van der Waals surface area (Å²) in [6.07, 6.45) is 4.71. The minimum absolute atomic E-state index is 0.0770. The zero-order valence-electron chi connectivity index (χ0n) is 18.8. The Balaban J connectivity index is 1.53. The molecule has 0 saturated carbocycles. The van der Waals surface area contributed by atoms with E-state index in [1.54, 1.807) is 48.5 Å². The molecule has 0 bridgehead atoms. The number of pyridine rings is 1. The maximum atomic E-state index is 12.6. The number of benzene rings is 2. The van der Waals surface area contributed by atoms with E-state index in [2.05, 4.69) is 18.8 Å². The van der Waals surface area contributed by atoms with Gasteiger partial charge >= 0.3 is 5.97 Å². The topological polar surface area (TPSA) is 65.5 Å². The molecule has 1 atom stereocenters. The molecule has 32 heavy (non-hydrogen) atoms. The fourth-order valence-corrected chi connectivity index (χ4v) is 3.11. The van der Waals surface area contributed by atoms with Crippen molar-refractivity contribution in [3.63, 3.8) is 0 Å². The molecule has 0 radical (unpaired) electrons. The van der Waals surface area contributed by atoms with Crippen molar-refractivity contribution in [3.8, 4) is 11.6 Å². The Morgan fingerprint density at radius 3 is 2.12 bits per heavy atom. The summed E-state index contributed by atoms with van der Waals surface area (Å²) in [7, 11) is 0. The Hall–Kier alpha value is -3.47. The third-order valence-electron chi connectivity index (χ3n) is 5.40. The van der Waals surface area contributed by atoms with E-state index < -0.39 is 5.97 Å². The summed E-state index contributed by atoms with van der Waals surface area (Å²) in [6, 6.07) is 17.2. The Bertz CT molecular complexity index is 1020. The molecule has 2 aromatic carbocycles. The Kier molecular flexibility index (Phi) is 8.14. The van der Waals surface area contributed by atoms with Crippen molar-refractivity contribution in [2.75, 3.05) is 6.61 Å². The van der Waals surface area contributed by atoms with E-state index in [1.807, 2.05) is 19.1 Å². The van der Waals surface area contributed by atoms with E-state index in [1.165, 1.54) is 12.6 Å². The van der Waals surface area contributed by atoms with Crippen LogP contribution in [0, 0.1) is 12.8 Å². The highest BCUT2D eigenvalue weighted by atomic mass is 16.5. The van der Waals surface area contributed by atoms with Crippen LogP contribution in [0.1, 0.15) is 65.0 Å². The molecule has 5 heteroatoms. The molecule has 0 aliphatic carbocycles. The van der Waals surface area contributed by atoms with Gasteiger partial charge in [-0.05, 0) is 56.0 Å². The van der Waals surface area contributed by atoms with Gasteiger partial charge in [-0.3, -0.25) is 4.79 Å². The van der Waals surface area contributed by atoms with Gasteiger partial charge in [0.15, 0.2) is 5.78 Å². The second-order valence-corrected chi connectivity index (χ2v) is 8.00. The van der Waals surface area contributed by atoms with E-state index in [4.69, 9.17) is 9.47 Å². The van der Waals surface area contributed by atoms with Crippen molar-refractivity contribution in [1.82, 2.24) is 4.98 Å². The largest absolute Gasteiger partial charge is 0.478 e. The summed E-state index contributed by atoms with van der Waals surface area (Å²) < 4.78 is 11.0. The first-order valence-corrected chi connectivity index (χ1v) is 11.0. The van der Waals surface area contributed by atoms with E-state index in [9.17, 15) is 9.59 Å². The van der Waals surface area contributed by atoms with Crippen LogP contribution in [-0.2, 0) is 0 Å². The van der Waals surface area contributed by atoms with Gasteiger partial charge in [0, 0.05) is 23.4 Å². The summed E-state index contributed by atoms with van der Waals surface area (Å²) in [6.45, 7) is 7.00. The zero-order valence-corrected chi connectivity index (χ0v) is 18.8. The molecule has 0 aliphatic rings. The molecule has 0 spiro atoms. The Morgan fingerprint density at radius 2 is 1.53 bits per heavy atom. The summed E-state index contributed by atoms with van der Waals surface area (Å²) >= 11 is 0. The number of ketones is 1. The SMILES string of the molecule is CCC(C)CCCOc1ccc(C(=O)Oc2ccc(C(=O)c3ccc(C)cc3)cc2)cn1. The first kappa shape index (κ1) is 23.2. The molecule has 1 unspecified atom stereocenters. The highest BCUT2D eigenvalue weighted by Gasteiger charge is 2.12. The van der Waals surface area contributed by atoms with Crippen molar-refractivity contribution >= 4 is 11.8 Å². The third-order valence-corrected chi connectivity index (χ3v) is 5.40. The van der Waals surface area contributed by atoms with Crippen LogP contribution in [0.25, 0.3) is 0 Å². The second kappa shape index (κ2) is 11.2. The predicted molar refractivity (Wildman–Crippen MR) is 124 cm³/mol. The molecule has 0 N–H and O–H groups in total. The number of hydrogen-bond acceptors (Lipinski definition) is 5.